The number of aryl methyl sites for hydroxylation is 2. The molecule has 0 aliphatic carbocycles. The molecule has 1 aromatic heterocycles. The van der Waals surface area contributed by atoms with Gasteiger partial charge in [-0.15, -0.1) is 0 Å². The van der Waals surface area contributed by atoms with Crippen LogP contribution in [0.15, 0.2) is 48.8 Å². The van der Waals surface area contributed by atoms with Gasteiger partial charge in [-0.2, -0.15) is 0 Å². The fourth-order valence-corrected chi connectivity index (χ4v) is 2.02. The molecule has 5 nitrogen and oxygen atoms in total. The molecule has 1 amide bonds. The second-order valence-electron chi connectivity index (χ2n) is 5.18. The van der Waals surface area contributed by atoms with Crippen LogP contribution in [0.5, 0.6) is 0 Å². The largest absolute Gasteiger partial charge is 1.00 e. The van der Waals surface area contributed by atoms with E-state index < -0.39 is 5.97 Å². The lowest BCUT2D eigenvalue weighted by Gasteiger charge is -2.05. The fourth-order valence-electron chi connectivity index (χ4n) is 2.02. The Morgan fingerprint density at radius 3 is 2.26 bits per heavy atom. The number of pyridine rings is 1. The maximum Gasteiger partial charge on any atom is 0.307 e. The maximum absolute atomic E-state index is 11.9. The van der Waals surface area contributed by atoms with Crippen molar-refractivity contribution in [3.8, 4) is 0 Å². The van der Waals surface area contributed by atoms with E-state index in [-0.39, 0.29) is 29.3 Å². The Morgan fingerprint density at radius 2 is 1.70 bits per heavy atom. The smallest absolute Gasteiger partial charge is 0.307 e. The van der Waals surface area contributed by atoms with Gasteiger partial charge in [0, 0.05) is 17.8 Å². The van der Waals surface area contributed by atoms with E-state index in [4.69, 9.17) is 5.11 Å². The van der Waals surface area contributed by atoms with E-state index in [1.807, 2.05) is 36.0 Å². The Balaban J connectivity index is 0.00000264. The Hall–Kier alpha value is -2.21. The monoisotopic (exact) mass is 378 g/mol. The van der Waals surface area contributed by atoms with Crippen LogP contribution < -0.4 is 26.9 Å². The molecule has 0 spiro atoms. The predicted octanol–water partition coefficient (Wildman–Crippen LogP) is -1.06. The normalized spacial score (nSPS) is 9.78. The van der Waals surface area contributed by atoms with Crippen LogP contribution in [-0.4, -0.2) is 17.0 Å². The summed E-state index contributed by atoms with van der Waals surface area (Å²) in [6, 6.07) is 10.8. The summed E-state index contributed by atoms with van der Waals surface area (Å²) >= 11 is 0. The molecule has 0 aliphatic rings. The minimum absolute atomic E-state index is 0. The summed E-state index contributed by atoms with van der Waals surface area (Å²) in [5.41, 5.74) is 2.57. The molecule has 0 unspecified atom stereocenters. The van der Waals surface area contributed by atoms with Crippen LogP contribution >= 0.6 is 0 Å². The van der Waals surface area contributed by atoms with Gasteiger partial charge in [-0.05, 0) is 30.2 Å². The molecule has 2 N–H and O–H groups in total. The molecule has 0 saturated carbocycles. The first-order valence-corrected chi connectivity index (χ1v) is 7.09. The molecule has 0 fully saturated rings. The number of carboxylic acids is 1. The lowest BCUT2D eigenvalue weighted by atomic mass is 10.1. The van der Waals surface area contributed by atoms with Crippen molar-refractivity contribution in [2.45, 2.75) is 26.3 Å². The molecule has 122 valence electrons. The number of rotatable bonds is 6. The van der Waals surface area contributed by atoms with Crippen LogP contribution in [-0.2, 0) is 22.6 Å². The molecule has 2 rings (SSSR count). The van der Waals surface area contributed by atoms with E-state index in [0.717, 1.165) is 0 Å². The minimum atomic E-state index is -0.869. The van der Waals surface area contributed by atoms with Crippen molar-refractivity contribution in [3.63, 3.8) is 0 Å². The average molecular weight is 379 g/mol. The van der Waals surface area contributed by atoms with Gasteiger partial charge >= 0.3 is 5.97 Å². The second-order valence-corrected chi connectivity index (χ2v) is 5.18. The molecule has 2 aromatic rings. The highest BCUT2D eigenvalue weighted by Crippen LogP contribution is 2.10. The number of nitrogens with zero attached hydrogens (tertiary/aromatic N) is 1. The van der Waals surface area contributed by atoms with Gasteiger partial charge in [-0.1, -0.05) is 12.1 Å². The van der Waals surface area contributed by atoms with Crippen molar-refractivity contribution < 1.29 is 36.2 Å². The average Bonchev–Trinajstić information content (AvgIpc) is 2.48. The van der Waals surface area contributed by atoms with Crippen molar-refractivity contribution >= 4 is 17.6 Å². The van der Waals surface area contributed by atoms with E-state index in [1.54, 1.807) is 24.3 Å². The molecule has 1 heterocycles. The Labute approximate surface area is 145 Å². The van der Waals surface area contributed by atoms with Crippen LogP contribution in [0, 0.1) is 6.92 Å². The van der Waals surface area contributed by atoms with E-state index in [2.05, 4.69) is 5.32 Å². The Bertz CT molecular complexity index is 655. The molecule has 1 aromatic carbocycles. The fraction of sp³-hybridized carbons (Fsp3) is 0.235. The van der Waals surface area contributed by atoms with Crippen LogP contribution in [0.4, 0.5) is 5.69 Å². The van der Waals surface area contributed by atoms with Gasteiger partial charge in [-0.3, -0.25) is 9.59 Å². The number of aromatic nitrogens is 1. The number of carbonyl (C=O) groups is 2. The molecular weight excluding hydrogens is 360 g/mol. The van der Waals surface area contributed by atoms with Crippen molar-refractivity contribution in [2.75, 3.05) is 5.32 Å². The molecule has 6 heteroatoms. The van der Waals surface area contributed by atoms with E-state index in [0.29, 0.717) is 24.2 Å². The maximum atomic E-state index is 11.9. The number of amides is 1. The van der Waals surface area contributed by atoms with Crippen molar-refractivity contribution in [2.24, 2.45) is 0 Å². The van der Waals surface area contributed by atoms with Gasteiger partial charge in [0.25, 0.3) is 0 Å². The lowest BCUT2D eigenvalue weighted by molar-refractivity contribution is -0.695. The molecule has 0 atom stereocenters. The Kier molecular flexibility index (Phi) is 7.41. The summed E-state index contributed by atoms with van der Waals surface area (Å²) in [6.07, 6.45) is 4.26. The van der Waals surface area contributed by atoms with Crippen LogP contribution in [0.2, 0.25) is 0 Å². The van der Waals surface area contributed by atoms with Gasteiger partial charge < -0.3 is 27.4 Å². The van der Waals surface area contributed by atoms with E-state index >= 15 is 0 Å². The summed E-state index contributed by atoms with van der Waals surface area (Å²) < 4.78 is 1.96. The van der Waals surface area contributed by atoms with E-state index in [9.17, 15) is 9.59 Å². The number of hydrogen-bond donors (Lipinski definition) is 2. The standard InChI is InChI=1S/C17H18N2O3.BrH/c1-13-6-9-19(10-7-13)11-8-16(20)18-15-4-2-14(3-5-15)12-17(21)22;/h2-7,9-10H,8,11-12H2,1H3,(H-,18,20,21,22);1H. The van der Waals surface area contributed by atoms with Gasteiger partial charge in [0.15, 0.2) is 18.9 Å². The summed E-state index contributed by atoms with van der Waals surface area (Å²) in [5.74, 6) is -0.939. The molecule has 0 bridgehead atoms. The number of halogens is 1. The van der Waals surface area contributed by atoms with Gasteiger partial charge in [0.2, 0.25) is 5.91 Å². The number of hydrogen-bond acceptors (Lipinski definition) is 2. The molecule has 23 heavy (non-hydrogen) atoms. The summed E-state index contributed by atoms with van der Waals surface area (Å²) in [4.78, 5) is 22.5. The van der Waals surface area contributed by atoms with Crippen LogP contribution in [0.25, 0.3) is 0 Å². The predicted molar refractivity (Wildman–Crippen MR) is 82.4 cm³/mol. The van der Waals surface area contributed by atoms with Crippen LogP contribution in [0.3, 0.4) is 0 Å². The summed E-state index contributed by atoms with van der Waals surface area (Å²) in [6.45, 7) is 2.63. The highest BCUT2D eigenvalue weighted by molar-refractivity contribution is 5.90. The third-order valence-corrected chi connectivity index (χ3v) is 3.25. The van der Waals surface area contributed by atoms with Gasteiger partial charge in [0.05, 0.1) is 12.8 Å². The first-order chi connectivity index (χ1) is 10.5. The van der Waals surface area contributed by atoms with Crippen LogP contribution in [0.1, 0.15) is 17.5 Å². The minimum Gasteiger partial charge on any atom is -1.00 e. The number of nitrogens with one attached hydrogen (secondary N) is 1. The van der Waals surface area contributed by atoms with Crippen molar-refractivity contribution in [1.29, 1.82) is 0 Å². The highest BCUT2D eigenvalue weighted by Gasteiger charge is 2.07. The van der Waals surface area contributed by atoms with E-state index in [1.165, 1.54) is 5.56 Å². The second kappa shape index (κ2) is 9.05. The van der Waals surface area contributed by atoms with Gasteiger partial charge in [0.1, 0.15) is 0 Å². The quantitative estimate of drug-likeness (QED) is 0.629. The first kappa shape index (κ1) is 18.8. The number of anilines is 1. The van der Waals surface area contributed by atoms with Crippen molar-refractivity contribution in [1.82, 2.24) is 0 Å². The number of carboxylic acid groups (broad SMARTS) is 1. The zero-order valence-corrected chi connectivity index (χ0v) is 14.4. The zero-order chi connectivity index (χ0) is 15.9. The number of aliphatic carboxylic acids is 1. The molecule has 0 saturated heterocycles. The molecule has 0 radical (unpaired) electrons. The van der Waals surface area contributed by atoms with Gasteiger partial charge in [-0.25, -0.2) is 4.57 Å². The third-order valence-electron chi connectivity index (χ3n) is 3.25. The SMILES string of the molecule is Cc1cc[n+](CCC(=O)Nc2ccc(CC(=O)O)cc2)cc1.[Br-]. The number of carbonyl (C=O) groups excluding carboxylic acids is 1. The Morgan fingerprint density at radius 1 is 1.09 bits per heavy atom. The summed E-state index contributed by atoms with van der Waals surface area (Å²) in [5, 5.41) is 11.5. The lowest BCUT2D eigenvalue weighted by Crippen LogP contribution is -3.00. The third kappa shape index (κ3) is 6.61. The zero-order valence-electron chi connectivity index (χ0n) is 12.8. The highest BCUT2D eigenvalue weighted by atomic mass is 79.9. The summed E-state index contributed by atoms with van der Waals surface area (Å²) in [7, 11) is 0. The van der Waals surface area contributed by atoms with Crippen molar-refractivity contribution in [3.05, 3.63) is 59.9 Å². The first-order valence-electron chi connectivity index (χ1n) is 7.09. The molecule has 0 aliphatic heterocycles. The topological polar surface area (TPSA) is 70.3 Å². The number of benzene rings is 1. The molecular formula is C17H19BrN2O3.